The minimum Gasteiger partial charge on any atom is -0.490 e. The summed E-state index contributed by atoms with van der Waals surface area (Å²) in [6, 6.07) is 12.4. The number of aliphatic carboxylic acids is 1. The van der Waals surface area contributed by atoms with Crippen molar-refractivity contribution < 1.29 is 32.5 Å². The first-order valence-electron chi connectivity index (χ1n) is 11.7. The van der Waals surface area contributed by atoms with Crippen LogP contribution in [0.15, 0.2) is 73.4 Å². The molecule has 208 valence electrons. The van der Waals surface area contributed by atoms with E-state index in [1.807, 2.05) is 0 Å². The lowest BCUT2D eigenvalue weighted by Gasteiger charge is -2.18. The average Bonchev–Trinajstić information content (AvgIpc) is 2.92. The largest absolute Gasteiger partial charge is 0.490 e. The fourth-order valence-corrected chi connectivity index (χ4v) is 4.59. The summed E-state index contributed by atoms with van der Waals surface area (Å²) in [5.74, 6) is -0.938. The van der Waals surface area contributed by atoms with Crippen molar-refractivity contribution in [2.75, 3.05) is 6.61 Å². The third kappa shape index (κ3) is 6.04. The predicted octanol–water partition coefficient (Wildman–Crippen LogP) is 6.74. The van der Waals surface area contributed by atoms with Crippen molar-refractivity contribution in [1.29, 1.82) is 0 Å². The summed E-state index contributed by atoms with van der Waals surface area (Å²) in [7, 11) is 0. The Morgan fingerprint density at radius 3 is 2.55 bits per heavy atom. The second-order valence-corrected chi connectivity index (χ2v) is 9.93. The van der Waals surface area contributed by atoms with Gasteiger partial charge in [0, 0.05) is 15.6 Å². The van der Waals surface area contributed by atoms with Crippen LogP contribution in [0.2, 0.25) is 0 Å². The van der Waals surface area contributed by atoms with Gasteiger partial charge in [0.2, 0.25) is 0 Å². The van der Waals surface area contributed by atoms with E-state index in [0.717, 1.165) is 16.8 Å². The summed E-state index contributed by atoms with van der Waals surface area (Å²) in [5.41, 5.74) is -0.771. The van der Waals surface area contributed by atoms with Gasteiger partial charge in [-0.05, 0) is 76.0 Å². The molecule has 0 spiro atoms. The fraction of sp³-hybridized carbons (Fsp3) is 0.185. The highest BCUT2D eigenvalue weighted by atomic mass is 79.9. The lowest BCUT2D eigenvalue weighted by atomic mass is 10.1. The van der Waals surface area contributed by atoms with Crippen LogP contribution < -0.4 is 15.0 Å². The van der Waals surface area contributed by atoms with Crippen molar-refractivity contribution in [1.82, 2.24) is 9.66 Å². The van der Waals surface area contributed by atoms with Crippen LogP contribution in [0.5, 0.6) is 11.5 Å². The molecule has 3 aromatic carbocycles. The molecule has 0 amide bonds. The number of carboxylic acids is 1. The lowest BCUT2D eigenvalue weighted by molar-refractivity contribution is -0.144. The number of hydrogen-bond donors (Lipinski definition) is 1. The first kappa shape index (κ1) is 29.3. The van der Waals surface area contributed by atoms with Gasteiger partial charge >= 0.3 is 12.1 Å². The molecule has 0 aliphatic heterocycles. The maximum absolute atomic E-state index is 13.5. The molecule has 0 saturated carbocycles. The molecule has 1 aromatic heterocycles. The highest BCUT2D eigenvalue weighted by Crippen LogP contribution is 2.43. The standard InChI is InChI=1S/C27H20Br2F3N3O5/c1-3-39-20-12-16(21(28)22(29)23(20)40-14(2)26(37)38)13-33-35-24(15-7-6-8-17(11-15)27(30,31)32)34-19-10-5-4-9-18(19)25(35)36/h4-14H,3H2,1-2H3,(H,37,38)/t14-/m0/s1. The van der Waals surface area contributed by atoms with Crippen molar-refractivity contribution in [3.8, 4) is 22.9 Å². The second-order valence-electron chi connectivity index (χ2n) is 8.34. The molecular formula is C27H20Br2F3N3O5. The highest BCUT2D eigenvalue weighted by molar-refractivity contribution is 9.13. The van der Waals surface area contributed by atoms with E-state index in [4.69, 9.17) is 9.47 Å². The Labute approximate surface area is 242 Å². The predicted molar refractivity (Wildman–Crippen MR) is 150 cm³/mol. The van der Waals surface area contributed by atoms with Crippen LogP contribution >= 0.6 is 31.9 Å². The number of alkyl halides is 3. The maximum atomic E-state index is 13.5. The van der Waals surface area contributed by atoms with E-state index >= 15 is 0 Å². The van der Waals surface area contributed by atoms with Gasteiger partial charge < -0.3 is 14.6 Å². The molecule has 0 aliphatic rings. The van der Waals surface area contributed by atoms with Gasteiger partial charge in [-0.2, -0.15) is 22.9 Å². The Kier molecular flexibility index (Phi) is 8.64. The number of carboxylic acid groups (broad SMARTS) is 1. The third-order valence-corrected chi connectivity index (χ3v) is 7.76. The summed E-state index contributed by atoms with van der Waals surface area (Å²) in [5, 5.41) is 13.8. The Morgan fingerprint density at radius 1 is 1.15 bits per heavy atom. The summed E-state index contributed by atoms with van der Waals surface area (Å²) < 4.78 is 53.2. The quantitative estimate of drug-likeness (QED) is 0.207. The number of fused-ring (bicyclic) bond motifs is 1. The number of hydrogen-bond acceptors (Lipinski definition) is 6. The topological polar surface area (TPSA) is 103 Å². The van der Waals surface area contributed by atoms with Crippen molar-refractivity contribution in [3.63, 3.8) is 0 Å². The fourth-order valence-electron chi connectivity index (χ4n) is 3.67. The SMILES string of the molecule is CCOc1cc(C=Nn2c(-c3cccc(C(F)(F)F)c3)nc3ccccc3c2=O)c(Br)c(Br)c1O[C@@H](C)C(=O)O. The molecule has 0 bridgehead atoms. The minimum absolute atomic E-state index is 0.0384. The van der Waals surface area contributed by atoms with Crippen LogP contribution in [-0.2, 0) is 11.0 Å². The van der Waals surface area contributed by atoms with Gasteiger partial charge in [-0.25, -0.2) is 9.78 Å². The molecule has 1 heterocycles. The highest BCUT2D eigenvalue weighted by Gasteiger charge is 2.31. The minimum atomic E-state index is -4.60. The van der Waals surface area contributed by atoms with Crippen LogP contribution in [-0.4, -0.2) is 39.7 Å². The molecular weight excluding hydrogens is 663 g/mol. The molecule has 13 heteroatoms. The zero-order valence-electron chi connectivity index (χ0n) is 20.9. The monoisotopic (exact) mass is 681 g/mol. The zero-order valence-corrected chi connectivity index (χ0v) is 24.0. The number of halogens is 5. The van der Waals surface area contributed by atoms with Crippen molar-refractivity contribution in [2.45, 2.75) is 26.1 Å². The molecule has 4 rings (SSSR count). The van der Waals surface area contributed by atoms with Gasteiger partial charge in [0.1, 0.15) is 0 Å². The first-order chi connectivity index (χ1) is 18.9. The Hall–Kier alpha value is -3.71. The number of rotatable bonds is 8. The Morgan fingerprint density at radius 2 is 1.88 bits per heavy atom. The Balaban J connectivity index is 1.90. The number of carbonyl (C=O) groups is 1. The van der Waals surface area contributed by atoms with Crippen molar-refractivity contribution in [3.05, 3.63) is 85.0 Å². The molecule has 0 radical (unpaired) electrons. The van der Waals surface area contributed by atoms with E-state index in [9.17, 15) is 27.9 Å². The second kappa shape index (κ2) is 11.8. The lowest BCUT2D eigenvalue weighted by Crippen LogP contribution is -2.23. The zero-order chi connectivity index (χ0) is 29.2. The van der Waals surface area contributed by atoms with Gasteiger partial charge in [-0.3, -0.25) is 4.79 Å². The Bertz CT molecular complexity index is 1690. The van der Waals surface area contributed by atoms with Crippen LogP contribution in [0.4, 0.5) is 13.2 Å². The van der Waals surface area contributed by atoms with Crippen LogP contribution in [0.1, 0.15) is 25.0 Å². The van der Waals surface area contributed by atoms with Gasteiger partial charge in [-0.15, -0.1) is 0 Å². The molecule has 1 atom stereocenters. The summed E-state index contributed by atoms with van der Waals surface area (Å²) >= 11 is 6.81. The van der Waals surface area contributed by atoms with E-state index in [1.165, 1.54) is 31.3 Å². The van der Waals surface area contributed by atoms with Crippen LogP contribution in [0, 0.1) is 0 Å². The van der Waals surface area contributed by atoms with Crippen molar-refractivity contribution in [2.24, 2.45) is 5.10 Å². The number of nitrogens with zero attached hydrogens (tertiary/aromatic N) is 3. The number of para-hydroxylation sites is 1. The van der Waals surface area contributed by atoms with E-state index in [2.05, 4.69) is 41.9 Å². The average molecular weight is 683 g/mol. The summed E-state index contributed by atoms with van der Waals surface area (Å²) in [6.45, 7) is 3.33. The van der Waals surface area contributed by atoms with Crippen LogP contribution in [0.25, 0.3) is 22.3 Å². The third-order valence-electron chi connectivity index (χ3n) is 5.61. The van der Waals surface area contributed by atoms with E-state index in [0.29, 0.717) is 20.0 Å². The number of ether oxygens (including phenoxy) is 2. The molecule has 4 aromatic rings. The van der Waals surface area contributed by atoms with Gasteiger partial charge in [0.15, 0.2) is 23.4 Å². The molecule has 1 N–H and O–H groups in total. The molecule has 40 heavy (non-hydrogen) atoms. The summed E-state index contributed by atoms with van der Waals surface area (Å²) in [4.78, 5) is 29.2. The van der Waals surface area contributed by atoms with E-state index in [1.54, 1.807) is 31.2 Å². The first-order valence-corrected chi connectivity index (χ1v) is 13.3. The molecule has 0 aliphatic carbocycles. The van der Waals surface area contributed by atoms with Gasteiger partial charge in [0.25, 0.3) is 5.56 Å². The smallest absolute Gasteiger partial charge is 0.416 e. The summed E-state index contributed by atoms with van der Waals surface area (Å²) in [6.07, 6.45) is -4.48. The maximum Gasteiger partial charge on any atom is 0.416 e. The van der Waals surface area contributed by atoms with Gasteiger partial charge in [0.05, 0.1) is 33.8 Å². The number of aromatic nitrogens is 2. The molecule has 0 unspecified atom stereocenters. The normalized spacial score (nSPS) is 12.6. The van der Waals surface area contributed by atoms with E-state index in [-0.39, 0.29) is 34.9 Å². The molecule has 8 nitrogen and oxygen atoms in total. The molecule has 0 fully saturated rings. The van der Waals surface area contributed by atoms with Crippen molar-refractivity contribution >= 4 is 54.9 Å². The van der Waals surface area contributed by atoms with E-state index < -0.39 is 29.4 Å². The number of benzene rings is 3. The van der Waals surface area contributed by atoms with Gasteiger partial charge in [-0.1, -0.05) is 24.3 Å². The molecule has 0 saturated heterocycles. The van der Waals surface area contributed by atoms with Crippen LogP contribution in [0.3, 0.4) is 0 Å².